The van der Waals surface area contributed by atoms with E-state index in [1.807, 2.05) is 4.57 Å². The van der Waals surface area contributed by atoms with Gasteiger partial charge >= 0.3 is 0 Å². The zero-order valence-corrected chi connectivity index (χ0v) is 11.8. The summed E-state index contributed by atoms with van der Waals surface area (Å²) in [5, 5.41) is 0.199. The van der Waals surface area contributed by atoms with E-state index < -0.39 is 10.0 Å². The summed E-state index contributed by atoms with van der Waals surface area (Å²) < 4.78 is 28.7. The van der Waals surface area contributed by atoms with Gasteiger partial charge in [0.1, 0.15) is 5.82 Å². The topological polar surface area (TPSA) is 81.2 Å². The molecular formula is C12H20N4O2S. The number of fused-ring (bicyclic) bond motifs is 1. The van der Waals surface area contributed by atoms with Gasteiger partial charge < -0.3 is 10.3 Å². The van der Waals surface area contributed by atoms with E-state index in [0.717, 1.165) is 44.5 Å². The molecule has 2 N–H and O–H groups in total. The highest BCUT2D eigenvalue weighted by Gasteiger charge is 2.36. The van der Waals surface area contributed by atoms with Gasteiger partial charge in [0.15, 0.2) is 5.03 Å². The summed E-state index contributed by atoms with van der Waals surface area (Å²) in [5.41, 5.74) is 5.66. The molecule has 0 bridgehead atoms. The van der Waals surface area contributed by atoms with Crippen LogP contribution in [0.15, 0.2) is 11.2 Å². The van der Waals surface area contributed by atoms with Crippen LogP contribution in [0.3, 0.4) is 0 Å². The summed E-state index contributed by atoms with van der Waals surface area (Å²) in [6.07, 6.45) is 6.48. The van der Waals surface area contributed by atoms with Crippen molar-refractivity contribution in [1.82, 2.24) is 13.9 Å². The number of nitrogens with zero attached hydrogens (tertiary/aromatic N) is 3. The number of imidazole rings is 1. The molecule has 3 rings (SSSR count). The van der Waals surface area contributed by atoms with Crippen molar-refractivity contribution < 1.29 is 8.42 Å². The highest BCUT2D eigenvalue weighted by Crippen LogP contribution is 2.26. The molecule has 19 heavy (non-hydrogen) atoms. The Morgan fingerprint density at radius 1 is 1.32 bits per heavy atom. The Morgan fingerprint density at radius 2 is 2.16 bits per heavy atom. The first-order valence-corrected chi connectivity index (χ1v) is 8.35. The lowest BCUT2D eigenvalue weighted by molar-refractivity contribution is 0.391. The molecule has 0 radical (unpaired) electrons. The van der Waals surface area contributed by atoms with Gasteiger partial charge in [-0.25, -0.2) is 13.4 Å². The molecule has 1 atom stereocenters. The van der Waals surface area contributed by atoms with Crippen LogP contribution in [0.1, 0.15) is 31.5 Å². The number of hydrogen-bond donors (Lipinski definition) is 1. The largest absolute Gasteiger partial charge is 0.333 e. The van der Waals surface area contributed by atoms with Crippen LogP contribution in [0.25, 0.3) is 0 Å². The second-order valence-electron chi connectivity index (χ2n) is 5.29. The van der Waals surface area contributed by atoms with Crippen LogP contribution in [0.5, 0.6) is 0 Å². The third-order valence-electron chi connectivity index (χ3n) is 4.05. The summed E-state index contributed by atoms with van der Waals surface area (Å²) in [7, 11) is -3.47. The quantitative estimate of drug-likeness (QED) is 0.867. The molecule has 1 aromatic heterocycles. The Labute approximate surface area is 113 Å². The maximum atomic E-state index is 12.6. The van der Waals surface area contributed by atoms with Crippen molar-refractivity contribution in [3.63, 3.8) is 0 Å². The van der Waals surface area contributed by atoms with E-state index >= 15 is 0 Å². The molecule has 1 fully saturated rings. The molecule has 1 unspecified atom stereocenters. The summed E-state index contributed by atoms with van der Waals surface area (Å²) in [6.45, 7) is 1.82. The Kier molecular flexibility index (Phi) is 3.36. The van der Waals surface area contributed by atoms with Crippen molar-refractivity contribution in [3.05, 3.63) is 12.0 Å². The summed E-state index contributed by atoms with van der Waals surface area (Å²) in [5.74, 6) is 0.897. The molecule has 6 nitrogen and oxygen atoms in total. The number of aryl methyl sites for hydroxylation is 2. The van der Waals surface area contributed by atoms with Crippen LogP contribution in [-0.4, -0.2) is 41.4 Å². The smallest absolute Gasteiger partial charge is 0.262 e. The molecule has 0 spiro atoms. The lowest BCUT2D eigenvalue weighted by Gasteiger charge is -2.21. The van der Waals surface area contributed by atoms with Crippen LogP contribution in [0.2, 0.25) is 0 Å². The van der Waals surface area contributed by atoms with E-state index in [4.69, 9.17) is 5.73 Å². The van der Waals surface area contributed by atoms with Crippen LogP contribution < -0.4 is 5.73 Å². The summed E-state index contributed by atoms with van der Waals surface area (Å²) >= 11 is 0. The van der Waals surface area contributed by atoms with E-state index in [1.165, 1.54) is 4.31 Å². The fourth-order valence-electron chi connectivity index (χ4n) is 2.99. The van der Waals surface area contributed by atoms with Gasteiger partial charge in [0.05, 0.1) is 0 Å². The van der Waals surface area contributed by atoms with E-state index in [-0.39, 0.29) is 11.1 Å². The van der Waals surface area contributed by atoms with Crippen molar-refractivity contribution in [2.75, 3.05) is 13.1 Å². The van der Waals surface area contributed by atoms with Gasteiger partial charge in [-0.15, -0.1) is 0 Å². The summed E-state index contributed by atoms with van der Waals surface area (Å²) in [4.78, 5) is 4.33. The molecule has 2 aliphatic heterocycles. The van der Waals surface area contributed by atoms with Crippen molar-refractivity contribution >= 4 is 10.0 Å². The average Bonchev–Trinajstić information content (AvgIpc) is 3.05. The van der Waals surface area contributed by atoms with E-state index in [9.17, 15) is 8.42 Å². The first-order valence-electron chi connectivity index (χ1n) is 6.91. The maximum Gasteiger partial charge on any atom is 0.262 e. The van der Waals surface area contributed by atoms with Crippen molar-refractivity contribution in [2.45, 2.75) is 49.7 Å². The Balaban J connectivity index is 1.93. The minimum atomic E-state index is -3.47. The standard InChI is InChI=1S/C12H20N4O2S/c13-8-10-4-3-7-16(10)19(17,18)12-9-15-6-2-1-5-11(15)14-12/h9-10H,1-8,13H2. The van der Waals surface area contributed by atoms with Crippen LogP contribution in [0, 0.1) is 0 Å². The number of hydrogen-bond acceptors (Lipinski definition) is 4. The molecule has 0 amide bonds. The minimum absolute atomic E-state index is 0.0660. The van der Waals surface area contributed by atoms with Crippen molar-refractivity contribution in [3.8, 4) is 0 Å². The fraction of sp³-hybridized carbons (Fsp3) is 0.750. The monoisotopic (exact) mass is 284 g/mol. The lowest BCUT2D eigenvalue weighted by atomic mass is 10.2. The van der Waals surface area contributed by atoms with Gasteiger partial charge in [-0.05, 0) is 25.7 Å². The van der Waals surface area contributed by atoms with Gasteiger partial charge in [-0.3, -0.25) is 0 Å². The van der Waals surface area contributed by atoms with Gasteiger partial charge in [0.25, 0.3) is 10.0 Å². The third-order valence-corrected chi connectivity index (χ3v) is 5.88. The molecular weight excluding hydrogens is 264 g/mol. The molecule has 0 aliphatic carbocycles. The number of rotatable bonds is 3. The van der Waals surface area contributed by atoms with Gasteiger partial charge in [0, 0.05) is 38.3 Å². The molecule has 2 aliphatic rings. The molecule has 1 saturated heterocycles. The molecule has 0 aromatic carbocycles. The van der Waals surface area contributed by atoms with Gasteiger partial charge in [-0.2, -0.15) is 4.31 Å². The van der Waals surface area contributed by atoms with E-state index in [1.54, 1.807) is 6.20 Å². The molecule has 1 aromatic rings. The van der Waals surface area contributed by atoms with Crippen LogP contribution in [0.4, 0.5) is 0 Å². The van der Waals surface area contributed by atoms with Crippen molar-refractivity contribution in [2.24, 2.45) is 5.73 Å². The number of aromatic nitrogens is 2. The first kappa shape index (κ1) is 13.1. The Bertz CT molecular complexity index is 543. The zero-order valence-electron chi connectivity index (χ0n) is 11.0. The van der Waals surface area contributed by atoms with Gasteiger partial charge in [-0.1, -0.05) is 0 Å². The highest BCUT2D eigenvalue weighted by molar-refractivity contribution is 7.89. The predicted molar refractivity (Wildman–Crippen MR) is 71.1 cm³/mol. The molecule has 7 heteroatoms. The van der Waals surface area contributed by atoms with Crippen molar-refractivity contribution in [1.29, 1.82) is 0 Å². The number of sulfonamides is 1. The molecule has 106 valence electrons. The Morgan fingerprint density at radius 3 is 2.89 bits per heavy atom. The minimum Gasteiger partial charge on any atom is -0.333 e. The number of nitrogens with two attached hydrogens (primary N) is 1. The van der Waals surface area contributed by atoms with Crippen LogP contribution >= 0.6 is 0 Å². The lowest BCUT2D eigenvalue weighted by Crippen LogP contribution is -2.40. The molecule has 3 heterocycles. The van der Waals surface area contributed by atoms with E-state index in [0.29, 0.717) is 13.1 Å². The SMILES string of the molecule is NCC1CCCN1S(=O)(=O)c1cn2c(n1)CCCC2. The third kappa shape index (κ3) is 2.19. The predicted octanol–water partition coefficient (Wildman–Crippen LogP) is 0.331. The maximum absolute atomic E-state index is 12.6. The molecule has 0 saturated carbocycles. The van der Waals surface area contributed by atoms with E-state index in [2.05, 4.69) is 4.98 Å². The average molecular weight is 284 g/mol. The Hall–Kier alpha value is -0.920. The fourth-order valence-corrected chi connectivity index (χ4v) is 4.67. The second-order valence-corrected chi connectivity index (χ2v) is 7.13. The summed E-state index contributed by atoms with van der Waals surface area (Å²) in [6, 6.07) is -0.0660. The zero-order chi connectivity index (χ0) is 13.5. The second kappa shape index (κ2) is 4.88. The highest BCUT2D eigenvalue weighted by atomic mass is 32.2. The first-order chi connectivity index (χ1) is 9.13. The van der Waals surface area contributed by atoms with Crippen LogP contribution in [-0.2, 0) is 23.0 Å². The van der Waals surface area contributed by atoms with Gasteiger partial charge in [0.2, 0.25) is 0 Å². The normalized spacial score (nSPS) is 24.6.